The smallest absolute Gasteiger partial charge is 0.126 e. The second-order valence-corrected chi connectivity index (χ2v) is 5.91. The quantitative estimate of drug-likeness (QED) is 0.877. The van der Waals surface area contributed by atoms with Gasteiger partial charge in [0.1, 0.15) is 5.82 Å². The maximum atomic E-state index is 13.3. The summed E-state index contributed by atoms with van der Waals surface area (Å²) in [5.74, 6) is 0.333. The van der Waals surface area contributed by atoms with Crippen LogP contribution in [0, 0.1) is 11.7 Å². The van der Waals surface area contributed by atoms with Gasteiger partial charge in [-0.1, -0.05) is 31.4 Å². The zero-order chi connectivity index (χ0) is 13.2. The molecule has 2 rings (SSSR count). The number of hydrogen-bond donors (Lipinski definition) is 2. The number of benzene rings is 1. The van der Waals surface area contributed by atoms with Crippen LogP contribution in [0.3, 0.4) is 0 Å². The Morgan fingerprint density at radius 1 is 1.50 bits per heavy atom. The van der Waals surface area contributed by atoms with Crippen molar-refractivity contribution in [3.05, 3.63) is 29.0 Å². The lowest BCUT2D eigenvalue weighted by Gasteiger charge is -2.40. The average molecular weight is 271 g/mol. The molecule has 2 atom stereocenters. The minimum absolute atomic E-state index is 0.116. The van der Waals surface area contributed by atoms with Crippen molar-refractivity contribution in [2.75, 3.05) is 11.9 Å². The Kier molecular flexibility index (Phi) is 4.13. The van der Waals surface area contributed by atoms with Gasteiger partial charge in [0, 0.05) is 22.8 Å². The van der Waals surface area contributed by atoms with E-state index in [1.807, 2.05) is 0 Å². The molecule has 0 spiro atoms. The molecule has 0 heterocycles. The first-order valence-electron chi connectivity index (χ1n) is 6.47. The lowest BCUT2D eigenvalue weighted by atomic mass is 9.76. The van der Waals surface area contributed by atoms with Crippen molar-refractivity contribution in [2.24, 2.45) is 11.7 Å². The number of anilines is 1. The summed E-state index contributed by atoms with van der Waals surface area (Å²) in [5.41, 5.74) is 6.54. The monoisotopic (exact) mass is 270 g/mol. The molecule has 0 amide bonds. The molecule has 0 bridgehead atoms. The van der Waals surface area contributed by atoms with Gasteiger partial charge in [-0.3, -0.25) is 0 Å². The first-order valence-corrected chi connectivity index (χ1v) is 6.85. The van der Waals surface area contributed by atoms with Crippen LogP contribution >= 0.6 is 11.6 Å². The van der Waals surface area contributed by atoms with Crippen molar-refractivity contribution in [2.45, 2.75) is 38.1 Å². The lowest BCUT2D eigenvalue weighted by Crippen LogP contribution is -2.48. The molecule has 0 aliphatic heterocycles. The number of rotatable bonds is 3. The summed E-state index contributed by atoms with van der Waals surface area (Å²) in [4.78, 5) is 0. The highest BCUT2D eigenvalue weighted by atomic mass is 35.5. The van der Waals surface area contributed by atoms with E-state index in [9.17, 15) is 4.39 Å². The SMILES string of the molecule is CC1CCCC(CN)(Nc2cc(F)cc(Cl)c2)C1. The summed E-state index contributed by atoms with van der Waals surface area (Å²) in [5, 5.41) is 3.82. The Balaban J connectivity index is 2.18. The van der Waals surface area contributed by atoms with Crippen molar-refractivity contribution in [1.29, 1.82) is 0 Å². The maximum Gasteiger partial charge on any atom is 0.126 e. The minimum Gasteiger partial charge on any atom is -0.378 e. The van der Waals surface area contributed by atoms with Crippen LogP contribution in [-0.4, -0.2) is 12.1 Å². The van der Waals surface area contributed by atoms with E-state index in [4.69, 9.17) is 17.3 Å². The van der Waals surface area contributed by atoms with Gasteiger partial charge in [-0.25, -0.2) is 4.39 Å². The molecule has 0 saturated heterocycles. The van der Waals surface area contributed by atoms with Gasteiger partial charge in [0.25, 0.3) is 0 Å². The maximum absolute atomic E-state index is 13.3. The van der Waals surface area contributed by atoms with Crippen LogP contribution in [0.2, 0.25) is 5.02 Å². The zero-order valence-corrected chi connectivity index (χ0v) is 11.4. The number of nitrogens with one attached hydrogen (secondary N) is 1. The van der Waals surface area contributed by atoms with Gasteiger partial charge >= 0.3 is 0 Å². The van der Waals surface area contributed by atoms with Gasteiger partial charge in [-0.2, -0.15) is 0 Å². The molecular formula is C14H20ClFN2. The number of nitrogens with two attached hydrogens (primary N) is 1. The van der Waals surface area contributed by atoms with Gasteiger partial charge in [-0.15, -0.1) is 0 Å². The van der Waals surface area contributed by atoms with Crippen LogP contribution in [-0.2, 0) is 0 Å². The van der Waals surface area contributed by atoms with Gasteiger partial charge < -0.3 is 11.1 Å². The lowest BCUT2D eigenvalue weighted by molar-refractivity contribution is 0.264. The molecule has 0 radical (unpaired) electrons. The summed E-state index contributed by atoms with van der Waals surface area (Å²) in [6, 6.07) is 4.54. The van der Waals surface area contributed by atoms with Crippen LogP contribution in [0.5, 0.6) is 0 Å². The van der Waals surface area contributed by atoms with Gasteiger partial charge in [0.2, 0.25) is 0 Å². The predicted molar refractivity (Wildman–Crippen MR) is 74.5 cm³/mol. The van der Waals surface area contributed by atoms with Crippen LogP contribution in [0.1, 0.15) is 32.6 Å². The van der Waals surface area contributed by atoms with E-state index in [1.165, 1.54) is 18.6 Å². The van der Waals surface area contributed by atoms with E-state index in [1.54, 1.807) is 6.07 Å². The Morgan fingerprint density at radius 2 is 2.28 bits per heavy atom. The van der Waals surface area contributed by atoms with Gasteiger partial charge in [-0.05, 0) is 37.0 Å². The number of halogens is 2. The van der Waals surface area contributed by atoms with Crippen molar-refractivity contribution in [3.8, 4) is 0 Å². The fraction of sp³-hybridized carbons (Fsp3) is 0.571. The van der Waals surface area contributed by atoms with E-state index >= 15 is 0 Å². The zero-order valence-electron chi connectivity index (χ0n) is 10.7. The molecule has 0 aromatic heterocycles. The van der Waals surface area contributed by atoms with Crippen molar-refractivity contribution >= 4 is 17.3 Å². The summed E-state index contributed by atoms with van der Waals surface area (Å²) in [7, 11) is 0. The predicted octanol–water partition coefficient (Wildman–Crippen LogP) is 3.80. The van der Waals surface area contributed by atoms with Crippen LogP contribution in [0.15, 0.2) is 18.2 Å². The average Bonchev–Trinajstić information content (AvgIpc) is 2.27. The number of hydrogen-bond acceptors (Lipinski definition) is 2. The Morgan fingerprint density at radius 3 is 2.89 bits per heavy atom. The molecule has 3 N–H and O–H groups in total. The molecule has 1 aliphatic carbocycles. The molecule has 1 aliphatic rings. The molecule has 2 unspecified atom stereocenters. The van der Waals surface area contributed by atoms with Crippen LogP contribution in [0.4, 0.5) is 10.1 Å². The third kappa shape index (κ3) is 3.15. The second-order valence-electron chi connectivity index (χ2n) is 5.47. The normalized spacial score (nSPS) is 28.1. The van der Waals surface area contributed by atoms with Crippen molar-refractivity contribution in [1.82, 2.24) is 0 Å². The first kappa shape index (κ1) is 13.6. The third-order valence-electron chi connectivity index (χ3n) is 3.75. The Hall–Kier alpha value is -0.800. The Labute approximate surface area is 113 Å². The second kappa shape index (κ2) is 5.45. The summed E-state index contributed by atoms with van der Waals surface area (Å²) >= 11 is 5.87. The first-order chi connectivity index (χ1) is 8.53. The van der Waals surface area contributed by atoms with E-state index in [-0.39, 0.29) is 11.4 Å². The molecule has 1 fully saturated rings. The van der Waals surface area contributed by atoms with E-state index in [0.29, 0.717) is 17.5 Å². The van der Waals surface area contributed by atoms with Gasteiger partial charge in [0.15, 0.2) is 0 Å². The van der Waals surface area contributed by atoms with E-state index in [0.717, 1.165) is 24.9 Å². The largest absolute Gasteiger partial charge is 0.378 e. The van der Waals surface area contributed by atoms with E-state index < -0.39 is 0 Å². The fourth-order valence-electron chi connectivity index (χ4n) is 2.94. The van der Waals surface area contributed by atoms with Crippen molar-refractivity contribution < 1.29 is 4.39 Å². The molecular weight excluding hydrogens is 251 g/mol. The summed E-state index contributed by atoms with van der Waals surface area (Å²) in [6.07, 6.45) is 4.46. The molecule has 18 heavy (non-hydrogen) atoms. The molecule has 4 heteroatoms. The van der Waals surface area contributed by atoms with Crippen LogP contribution in [0.25, 0.3) is 0 Å². The van der Waals surface area contributed by atoms with Gasteiger partial charge in [0.05, 0.1) is 0 Å². The fourth-order valence-corrected chi connectivity index (χ4v) is 3.16. The van der Waals surface area contributed by atoms with Crippen molar-refractivity contribution in [3.63, 3.8) is 0 Å². The molecule has 1 aromatic rings. The van der Waals surface area contributed by atoms with Crippen LogP contribution < -0.4 is 11.1 Å². The topological polar surface area (TPSA) is 38.0 Å². The standard InChI is InChI=1S/C14H20ClFN2/c1-10-3-2-4-14(8-10,9-17)18-13-6-11(15)5-12(16)7-13/h5-7,10,18H,2-4,8-9,17H2,1H3. The highest BCUT2D eigenvalue weighted by Crippen LogP contribution is 2.35. The Bertz CT molecular complexity index is 404. The molecule has 1 saturated carbocycles. The summed E-state index contributed by atoms with van der Waals surface area (Å²) in [6.45, 7) is 2.80. The minimum atomic E-state index is -0.318. The highest BCUT2D eigenvalue weighted by Gasteiger charge is 2.33. The van der Waals surface area contributed by atoms with E-state index in [2.05, 4.69) is 12.2 Å². The molecule has 100 valence electrons. The third-order valence-corrected chi connectivity index (χ3v) is 3.97. The molecule has 1 aromatic carbocycles. The highest BCUT2D eigenvalue weighted by molar-refractivity contribution is 6.30. The summed E-state index contributed by atoms with van der Waals surface area (Å²) < 4.78 is 13.3. The molecule has 2 nitrogen and oxygen atoms in total.